The number of barbiturate groups is 1. The molecule has 0 radical (unpaired) electrons. The Morgan fingerprint density at radius 3 is 2.63 bits per heavy atom. The number of urea groups is 1. The molecule has 1 N–H and O–H groups in total. The molecular weight excluding hydrogens is 386 g/mol. The Balaban J connectivity index is 1.93. The average Bonchev–Trinajstić information content (AvgIpc) is 2.70. The van der Waals surface area contributed by atoms with E-state index in [2.05, 4.69) is 10.3 Å². The summed E-state index contributed by atoms with van der Waals surface area (Å²) in [4.78, 5) is 60.0. The van der Waals surface area contributed by atoms with Crippen LogP contribution in [0.4, 0.5) is 10.6 Å². The van der Waals surface area contributed by atoms with Gasteiger partial charge in [-0.2, -0.15) is 0 Å². The molecule has 0 saturated carbocycles. The predicted molar refractivity (Wildman–Crippen MR) is 110 cm³/mol. The second-order valence-corrected chi connectivity index (χ2v) is 8.33. The first-order valence-electron chi connectivity index (χ1n) is 10.2. The van der Waals surface area contributed by atoms with Crippen LogP contribution < -0.4 is 15.8 Å². The van der Waals surface area contributed by atoms with Crippen molar-refractivity contribution in [2.75, 3.05) is 18.0 Å². The van der Waals surface area contributed by atoms with E-state index in [1.165, 1.54) is 4.40 Å². The number of hydrogen-bond donors (Lipinski definition) is 1. The molecule has 1 fully saturated rings. The van der Waals surface area contributed by atoms with Crippen molar-refractivity contribution in [3.05, 3.63) is 40.3 Å². The number of hydrogen-bond acceptors (Lipinski definition) is 6. The first kappa shape index (κ1) is 20.1. The van der Waals surface area contributed by atoms with Crippen LogP contribution in [0.25, 0.3) is 5.65 Å². The number of amides is 4. The first-order chi connectivity index (χ1) is 14.2. The van der Waals surface area contributed by atoms with E-state index in [9.17, 15) is 19.2 Å². The minimum Gasteiger partial charge on any atom is -0.352 e. The predicted octanol–water partition coefficient (Wildman–Crippen LogP) is 1.19. The van der Waals surface area contributed by atoms with E-state index in [0.717, 1.165) is 4.90 Å². The molecule has 2 aliphatic heterocycles. The molecule has 1 saturated heterocycles. The van der Waals surface area contributed by atoms with Crippen LogP contribution >= 0.6 is 0 Å². The van der Waals surface area contributed by atoms with Gasteiger partial charge >= 0.3 is 6.03 Å². The highest BCUT2D eigenvalue weighted by atomic mass is 16.2. The summed E-state index contributed by atoms with van der Waals surface area (Å²) < 4.78 is 1.42. The zero-order chi connectivity index (χ0) is 21.8. The summed E-state index contributed by atoms with van der Waals surface area (Å²) in [5, 5.41) is 2.36. The van der Waals surface area contributed by atoms with E-state index < -0.39 is 29.3 Å². The smallest absolute Gasteiger partial charge is 0.330 e. The van der Waals surface area contributed by atoms with E-state index in [4.69, 9.17) is 0 Å². The second-order valence-electron chi connectivity index (χ2n) is 8.33. The molecule has 4 heterocycles. The van der Waals surface area contributed by atoms with Gasteiger partial charge in [0.2, 0.25) is 11.8 Å². The maximum Gasteiger partial charge on any atom is 0.330 e. The van der Waals surface area contributed by atoms with Crippen LogP contribution in [0.5, 0.6) is 0 Å². The van der Waals surface area contributed by atoms with Gasteiger partial charge in [0.1, 0.15) is 11.5 Å². The number of rotatable bonds is 3. The Kier molecular flexibility index (Phi) is 4.63. The maximum atomic E-state index is 13.6. The van der Waals surface area contributed by atoms with Gasteiger partial charge in [0, 0.05) is 25.7 Å². The summed E-state index contributed by atoms with van der Waals surface area (Å²) in [6.07, 6.45) is 1.51. The van der Waals surface area contributed by atoms with Crippen LogP contribution in [0.3, 0.4) is 0 Å². The van der Waals surface area contributed by atoms with Crippen molar-refractivity contribution in [3.63, 3.8) is 0 Å². The van der Waals surface area contributed by atoms with E-state index >= 15 is 0 Å². The quantitative estimate of drug-likeness (QED) is 0.761. The molecule has 4 rings (SSSR count). The number of anilines is 1. The highest BCUT2D eigenvalue weighted by Crippen LogP contribution is 2.42. The molecule has 9 heteroatoms. The summed E-state index contributed by atoms with van der Waals surface area (Å²) in [6, 6.07) is 3.97. The van der Waals surface area contributed by atoms with Crippen molar-refractivity contribution < 1.29 is 14.4 Å². The number of aromatic nitrogens is 2. The van der Waals surface area contributed by atoms with Crippen molar-refractivity contribution in [2.45, 2.75) is 40.2 Å². The average molecular weight is 411 g/mol. The normalized spacial score (nSPS) is 24.0. The van der Waals surface area contributed by atoms with Crippen molar-refractivity contribution in [3.8, 4) is 0 Å². The minimum atomic E-state index is -1.57. The molecule has 158 valence electrons. The lowest BCUT2D eigenvalue weighted by Gasteiger charge is -2.49. The third-order valence-electron chi connectivity index (χ3n) is 6.10. The fourth-order valence-electron chi connectivity index (χ4n) is 4.57. The molecule has 0 aromatic carbocycles. The monoisotopic (exact) mass is 411 g/mol. The van der Waals surface area contributed by atoms with Gasteiger partial charge in [0.05, 0.1) is 11.6 Å². The Morgan fingerprint density at radius 2 is 1.97 bits per heavy atom. The largest absolute Gasteiger partial charge is 0.352 e. The topological polar surface area (TPSA) is 104 Å². The van der Waals surface area contributed by atoms with Gasteiger partial charge in [-0.05, 0) is 31.9 Å². The molecule has 0 aliphatic carbocycles. The Bertz CT molecular complexity index is 1120. The van der Waals surface area contributed by atoms with Crippen molar-refractivity contribution in [1.82, 2.24) is 19.6 Å². The SMILES string of the molecule is CCN1c2nc3ccccn3c(=O)c2C[C@@]2(C(=O)NC(=O)N(CC(C)C)C2=O)[C@@H]1C. The minimum absolute atomic E-state index is 0.0367. The Labute approximate surface area is 173 Å². The molecule has 9 nitrogen and oxygen atoms in total. The first-order valence-corrected chi connectivity index (χ1v) is 10.2. The number of carbonyl (C=O) groups excluding carboxylic acids is 3. The van der Waals surface area contributed by atoms with E-state index in [1.54, 1.807) is 31.3 Å². The number of nitrogens with zero attached hydrogens (tertiary/aromatic N) is 4. The number of carbonyl (C=O) groups is 3. The lowest BCUT2D eigenvalue weighted by Crippen LogP contribution is -2.72. The lowest BCUT2D eigenvalue weighted by atomic mass is 9.69. The number of pyridine rings is 1. The molecule has 4 amide bonds. The number of nitrogens with one attached hydrogen (secondary N) is 1. The van der Waals surface area contributed by atoms with Crippen LogP contribution in [-0.2, 0) is 16.0 Å². The number of fused-ring (bicyclic) bond motifs is 2. The molecule has 2 aliphatic rings. The van der Waals surface area contributed by atoms with Crippen LogP contribution in [-0.4, -0.2) is 51.3 Å². The Hall–Kier alpha value is -3.23. The molecule has 0 bridgehead atoms. The van der Waals surface area contributed by atoms with Gasteiger partial charge in [-0.3, -0.25) is 29.0 Å². The summed E-state index contributed by atoms with van der Waals surface area (Å²) in [5.41, 5.74) is -1.08. The highest BCUT2D eigenvalue weighted by Gasteiger charge is 2.61. The Morgan fingerprint density at radius 1 is 1.23 bits per heavy atom. The molecule has 30 heavy (non-hydrogen) atoms. The summed E-state index contributed by atoms with van der Waals surface area (Å²) in [7, 11) is 0. The van der Waals surface area contributed by atoms with Gasteiger partial charge in [-0.1, -0.05) is 19.9 Å². The third-order valence-corrected chi connectivity index (χ3v) is 6.10. The lowest BCUT2D eigenvalue weighted by molar-refractivity contribution is -0.153. The molecule has 1 spiro atoms. The zero-order valence-corrected chi connectivity index (χ0v) is 17.5. The van der Waals surface area contributed by atoms with Crippen molar-refractivity contribution >= 4 is 29.3 Å². The van der Waals surface area contributed by atoms with Crippen molar-refractivity contribution in [2.24, 2.45) is 11.3 Å². The van der Waals surface area contributed by atoms with Crippen molar-refractivity contribution in [1.29, 1.82) is 0 Å². The number of imide groups is 2. The van der Waals surface area contributed by atoms with E-state index in [-0.39, 0.29) is 24.4 Å². The van der Waals surface area contributed by atoms with Crippen LogP contribution in [0.2, 0.25) is 0 Å². The summed E-state index contributed by atoms with van der Waals surface area (Å²) in [6.45, 7) is 8.09. The second kappa shape index (κ2) is 6.93. The van der Waals surface area contributed by atoms with Crippen LogP contribution in [0, 0.1) is 11.3 Å². The van der Waals surface area contributed by atoms with Crippen LogP contribution in [0.15, 0.2) is 29.2 Å². The standard InChI is InChI=1S/C21H25N5O4/c1-5-24-13(4)21(18(28)23-20(30)26(19(21)29)11-12(2)3)10-14-16(24)22-15-8-6-7-9-25(15)17(14)27/h6-9,12-13H,5,10-11H2,1-4H3,(H,23,28,30)/t13-,21-/m0/s1. The molecule has 2 aromatic rings. The maximum absolute atomic E-state index is 13.6. The van der Waals surface area contributed by atoms with Gasteiger partial charge in [-0.25, -0.2) is 9.78 Å². The van der Waals surface area contributed by atoms with Gasteiger partial charge in [0.15, 0.2) is 5.41 Å². The van der Waals surface area contributed by atoms with E-state index in [1.807, 2.05) is 25.7 Å². The highest BCUT2D eigenvalue weighted by molar-refractivity contribution is 6.20. The summed E-state index contributed by atoms with van der Waals surface area (Å²) >= 11 is 0. The summed E-state index contributed by atoms with van der Waals surface area (Å²) in [5.74, 6) is -0.694. The fourth-order valence-corrected chi connectivity index (χ4v) is 4.57. The third kappa shape index (κ3) is 2.64. The van der Waals surface area contributed by atoms with Gasteiger partial charge < -0.3 is 4.90 Å². The van der Waals surface area contributed by atoms with Gasteiger partial charge in [-0.15, -0.1) is 0 Å². The molecule has 0 unspecified atom stereocenters. The molecule has 2 atom stereocenters. The fraction of sp³-hybridized carbons (Fsp3) is 0.476. The zero-order valence-electron chi connectivity index (χ0n) is 17.5. The van der Waals surface area contributed by atoms with E-state index in [0.29, 0.717) is 23.6 Å². The van der Waals surface area contributed by atoms with Crippen LogP contribution in [0.1, 0.15) is 33.3 Å². The van der Waals surface area contributed by atoms with Gasteiger partial charge in [0.25, 0.3) is 5.56 Å². The molecule has 2 aromatic heterocycles. The molecular formula is C21H25N5O4.